The summed E-state index contributed by atoms with van der Waals surface area (Å²) in [7, 11) is -3.64. The van der Waals surface area contributed by atoms with E-state index in [4.69, 9.17) is 4.99 Å². The number of aliphatic imine (C=N–C) groups is 1. The van der Waals surface area contributed by atoms with Crippen LogP contribution < -0.4 is 10.6 Å². The van der Waals surface area contributed by atoms with Crippen LogP contribution in [-0.4, -0.2) is 42.2 Å². The minimum absolute atomic E-state index is 0.213. The van der Waals surface area contributed by atoms with Crippen molar-refractivity contribution in [2.45, 2.75) is 29.9 Å². The molecule has 3 heterocycles. The Hall–Kier alpha value is -3.07. The summed E-state index contributed by atoms with van der Waals surface area (Å²) < 4.78 is 28.0. The molecule has 2 aliphatic rings. The molecule has 1 atom stereocenters. The van der Waals surface area contributed by atoms with E-state index in [1.807, 2.05) is 48.5 Å². The number of rotatable bonds is 4. The highest BCUT2D eigenvalue weighted by Crippen LogP contribution is 2.32. The van der Waals surface area contributed by atoms with Gasteiger partial charge in [-0.1, -0.05) is 48.5 Å². The average molecular weight is 448 g/mol. The molecule has 8 heteroatoms. The van der Waals surface area contributed by atoms with Crippen LogP contribution in [-0.2, 0) is 23.1 Å². The first-order valence-electron chi connectivity index (χ1n) is 10.7. The van der Waals surface area contributed by atoms with Gasteiger partial charge in [0.2, 0.25) is 10.0 Å². The van der Waals surface area contributed by atoms with E-state index >= 15 is 0 Å². The summed E-state index contributed by atoms with van der Waals surface area (Å²) in [6.45, 7) is 1.86. The number of fused-ring (bicyclic) bond motifs is 1. The minimum Gasteiger partial charge on any atom is -0.342 e. The van der Waals surface area contributed by atoms with Crippen LogP contribution in [0.2, 0.25) is 0 Å². The number of benzene rings is 2. The first-order valence-corrected chi connectivity index (χ1v) is 12.1. The molecule has 0 aliphatic carbocycles. The summed E-state index contributed by atoms with van der Waals surface area (Å²) in [6.07, 6.45) is 3.60. The largest absolute Gasteiger partial charge is 0.342 e. The number of para-hydroxylation sites is 1. The second-order valence-corrected chi connectivity index (χ2v) is 10.1. The van der Waals surface area contributed by atoms with E-state index in [1.165, 1.54) is 10.5 Å². The maximum absolute atomic E-state index is 13.2. The Kier molecular flexibility index (Phi) is 5.50. The highest BCUT2D eigenvalue weighted by atomic mass is 32.2. The van der Waals surface area contributed by atoms with Crippen LogP contribution in [0.1, 0.15) is 17.5 Å². The van der Waals surface area contributed by atoms with Crippen molar-refractivity contribution in [3.8, 4) is 0 Å². The van der Waals surface area contributed by atoms with Crippen molar-refractivity contribution >= 4 is 21.5 Å². The van der Waals surface area contributed by atoms with Crippen LogP contribution in [0.4, 0.5) is 5.69 Å². The predicted octanol–water partition coefficient (Wildman–Crippen LogP) is 3.03. The van der Waals surface area contributed by atoms with E-state index < -0.39 is 15.6 Å². The van der Waals surface area contributed by atoms with Gasteiger partial charge in [-0.2, -0.15) is 4.31 Å². The maximum Gasteiger partial charge on any atom is 0.244 e. The first kappa shape index (κ1) is 20.8. The summed E-state index contributed by atoms with van der Waals surface area (Å²) in [5.74, 6) is 0.773. The normalized spacial score (nSPS) is 22.4. The Balaban J connectivity index is 1.49. The lowest BCUT2D eigenvalue weighted by Crippen LogP contribution is -2.55. The smallest absolute Gasteiger partial charge is 0.244 e. The SMILES string of the molecule is O=S(=O)(c1cccnc1)N1CCC2(C1)NCc1ccccc1NC2=NCc1ccccc1. The van der Waals surface area contributed by atoms with Gasteiger partial charge in [-0.3, -0.25) is 15.3 Å². The lowest BCUT2D eigenvalue weighted by atomic mass is 9.96. The fraction of sp³-hybridized carbons (Fsp3) is 0.250. The predicted molar refractivity (Wildman–Crippen MR) is 125 cm³/mol. The van der Waals surface area contributed by atoms with Gasteiger partial charge in [0.25, 0.3) is 0 Å². The second-order valence-electron chi connectivity index (χ2n) is 8.15. The van der Waals surface area contributed by atoms with Crippen LogP contribution in [0, 0.1) is 0 Å². The van der Waals surface area contributed by atoms with Gasteiger partial charge in [-0.15, -0.1) is 0 Å². The molecule has 2 aromatic carbocycles. The van der Waals surface area contributed by atoms with E-state index in [1.54, 1.807) is 18.3 Å². The number of aromatic nitrogens is 1. The Morgan fingerprint density at radius 2 is 1.84 bits per heavy atom. The fourth-order valence-corrected chi connectivity index (χ4v) is 5.77. The lowest BCUT2D eigenvalue weighted by Gasteiger charge is -2.30. The summed E-state index contributed by atoms with van der Waals surface area (Å²) in [6, 6.07) is 21.4. The van der Waals surface area contributed by atoms with Crippen molar-refractivity contribution in [1.29, 1.82) is 0 Å². The van der Waals surface area contributed by atoms with Crippen molar-refractivity contribution < 1.29 is 8.42 Å². The third-order valence-electron chi connectivity index (χ3n) is 6.11. The highest BCUT2D eigenvalue weighted by Gasteiger charge is 2.47. The summed E-state index contributed by atoms with van der Waals surface area (Å²) in [5, 5.41) is 7.17. The van der Waals surface area contributed by atoms with Crippen LogP contribution >= 0.6 is 0 Å². The van der Waals surface area contributed by atoms with Gasteiger partial charge in [-0.25, -0.2) is 8.42 Å². The van der Waals surface area contributed by atoms with Crippen LogP contribution in [0.5, 0.6) is 0 Å². The Morgan fingerprint density at radius 1 is 1.03 bits per heavy atom. The number of sulfonamides is 1. The maximum atomic E-state index is 13.2. The lowest BCUT2D eigenvalue weighted by molar-refractivity contribution is 0.420. The van der Waals surface area contributed by atoms with E-state index in [0.29, 0.717) is 32.6 Å². The molecule has 0 bridgehead atoms. The standard InChI is InChI=1S/C24H25N5O2S/c30-32(31,21-10-6-13-25-17-21)29-14-12-24(18-29)23(26-15-19-7-2-1-3-8-19)28-22-11-5-4-9-20(22)16-27-24/h1-11,13,17,27H,12,14-16,18H2,(H,26,28). The Bertz CT molecular complexity index is 1230. The van der Waals surface area contributed by atoms with Crippen molar-refractivity contribution in [3.63, 3.8) is 0 Å². The fourth-order valence-electron chi connectivity index (χ4n) is 4.30. The van der Waals surface area contributed by atoms with E-state index in [-0.39, 0.29) is 4.90 Å². The number of nitrogens with one attached hydrogen (secondary N) is 2. The molecule has 0 radical (unpaired) electrons. The number of hydrogen-bond donors (Lipinski definition) is 2. The zero-order chi connectivity index (χ0) is 22.0. The summed E-state index contributed by atoms with van der Waals surface area (Å²) in [5.41, 5.74) is 2.64. The molecule has 5 rings (SSSR count). The average Bonchev–Trinajstić information content (AvgIpc) is 3.22. The number of amidine groups is 1. The van der Waals surface area contributed by atoms with E-state index in [2.05, 4.69) is 21.7 Å². The molecule has 1 fully saturated rings. The monoisotopic (exact) mass is 447 g/mol. The van der Waals surface area contributed by atoms with Gasteiger partial charge in [0, 0.05) is 37.7 Å². The van der Waals surface area contributed by atoms with Gasteiger partial charge in [0.1, 0.15) is 10.7 Å². The molecule has 2 N–H and O–H groups in total. The van der Waals surface area contributed by atoms with E-state index in [9.17, 15) is 8.42 Å². The number of nitrogens with zero attached hydrogens (tertiary/aromatic N) is 3. The molecule has 2 aliphatic heterocycles. The highest BCUT2D eigenvalue weighted by molar-refractivity contribution is 7.89. The second kappa shape index (κ2) is 8.46. The van der Waals surface area contributed by atoms with Crippen molar-refractivity contribution in [1.82, 2.24) is 14.6 Å². The minimum atomic E-state index is -3.64. The number of pyridine rings is 1. The Morgan fingerprint density at radius 3 is 2.66 bits per heavy atom. The quantitative estimate of drug-likeness (QED) is 0.642. The molecule has 1 unspecified atom stereocenters. The van der Waals surface area contributed by atoms with Gasteiger partial charge in [-0.05, 0) is 35.7 Å². The molecule has 1 aromatic heterocycles. The van der Waals surface area contributed by atoms with Gasteiger partial charge >= 0.3 is 0 Å². The van der Waals surface area contributed by atoms with Gasteiger partial charge in [0.15, 0.2) is 0 Å². The van der Waals surface area contributed by atoms with E-state index in [0.717, 1.165) is 22.6 Å². The molecule has 0 saturated carbocycles. The summed E-state index contributed by atoms with van der Waals surface area (Å²) >= 11 is 0. The Labute approximate surface area is 188 Å². The number of hydrogen-bond acceptors (Lipinski definition) is 5. The third kappa shape index (κ3) is 3.92. The third-order valence-corrected chi connectivity index (χ3v) is 7.94. The van der Waals surface area contributed by atoms with Crippen molar-refractivity contribution in [3.05, 3.63) is 90.3 Å². The molecule has 7 nitrogen and oxygen atoms in total. The molecule has 1 saturated heterocycles. The van der Waals surface area contributed by atoms with Crippen molar-refractivity contribution in [2.75, 3.05) is 18.4 Å². The van der Waals surface area contributed by atoms with Gasteiger partial charge in [0.05, 0.1) is 12.1 Å². The topological polar surface area (TPSA) is 86.7 Å². The number of anilines is 1. The molecular formula is C24H25N5O2S. The van der Waals surface area contributed by atoms with Crippen LogP contribution in [0.25, 0.3) is 0 Å². The van der Waals surface area contributed by atoms with Crippen molar-refractivity contribution in [2.24, 2.45) is 4.99 Å². The van der Waals surface area contributed by atoms with Crippen LogP contribution in [0.3, 0.4) is 0 Å². The van der Waals surface area contributed by atoms with Gasteiger partial charge < -0.3 is 5.32 Å². The molecular weight excluding hydrogens is 422 g/mol. The molecule has 3 aromatic rings. The first-order chi connectivity index (χ1) is 15.6. The molecule has 1 spiro atoms. The molecule has 164 valence electrons. The zero-order valence-corrected chi connectivity index (χ0v) is 18.4. The van der Waals surface area contributed by atoms with Crippen LogP contribution in [0.15, 0.2) is 89.0 Å². The summed E-state index contributed by atoms with van der Waals surface area (Å²) in [4.78, 5) is 9.15. The molecule has 0 amide bonds. The molecule has 32 heavy (non-hydrogen) atoms. The zero-order valence-electron chi connectivity index (χ0n) is 17.6.